The number of nitrogens with one attached hydrogen (secondary N) is 3. The molecule has 10 nitrogen and oxygen atoms in total. The van der Waals surface area contributed by atoms with Crippen molar-refractivity contribution in [2.75, 3.05) is 25.6 Å². The number of amides is 1. The van der Waals surface area contributed by atoms with Gasteiger partial charge in [0, 0.05) is 43.0 Å². The molecule has 0 fully saturated rings. The van der Waals surface area contributed by atoms with Crippen LogP contribution in [0.5, 0.6) is 0 Å². The Hall–Kier alpha value is -3.79. The van der Waals surface area contributed by atoms with Gasteiger partial charge in [-0.25, -0.2) is 9.48 Å². The summed E-state index contributed by atoms with van der Waals surface area (Å²) in [6.07, 6.45) is 5.20. The first-order valence-electron chi connectivity index (χ1n) is 11.9. The Balaban J connectivity index is 2.09. The van der Waals surface area contributed by atoms with Crippen LogP contribution in [0.4, 0.5) is 10.5 Å². The Morgan fingerprint density at radius 1 is 1.22 bits per heavy atom. The minimum atomic E-state index is -0.533. The first-order valence-corrected chi connectivity index (χ1v) is 11.9. The Morgan fingerprint density at radius 3 is 2.69 bits per heavy atom. The first kappa shape index (κ1) is 28.4. The second kappa shape index (κ2) is 14.6. The van der Waals surface area contributed by atoms with Gasteiger partial charge in [0.2, 0.25) is 5.43 Å². The predicted molar refractivity (Wildman–Crippen MR) is 139 cm³/mol. The Labute approximate surface area is 211 Å². The molecule has 2 aromatic rings. The lowest BCUT2D eigenvalue weighted by Gasteiger charge is -2.13. The summed E-state index contributed by atoms with van der Waals surface area (Å²) in [6, 6.07) is 8.46. The van der Waals surface area contributed by atoms with Crippen molar-refractivity contribution >= 4 is 29.7 Å². The molecular weight excluding hydrogens is 462 g/mol. The molecule has 1 atom stereocenters. The number of anilines is 1. The highest BCUT2D eigenvalue weighted by molar-refractivity contribution is 6.00. The molecule has 0 aliphatic rings. The number of nitrogens with zero attached hydrogens (tertiary/aromatic N) is 2. The number of aromatic nitrogens is 2. The molecule has 2 rings (SSSR count). The summed E-state index contributed by atoms with van der Waals surface area (Å²) in [5, 5.41) is 18.2. The van der Waals surface area contributed by atoms with E-state index in [4.69, 9.17) is 10.1 Å². The van der Waals surface area contributed by atoms with E-state index in [1.807, 2.05) is 32.9 Å². The zero-order valence-electron chi connectivity index (χ0n) is 21.2. The molecule has 0 radical (unpaired) electrons. The van der Waals surface area contributed by atoms with Gasteiger partial charge in [-0.1, -0.05) is 26.0 Å². The number of carbonyl (C=O) groups excluding carboxylic acids is 2. The molecule has 0 saturated carbocycles. The molecule has 3 N–H and O–H groups in total. The molecule has 0 bridgehead atoms. The lowest BCUT2D eigenvalue weighted by atomic mass is 10.1. The number of hydrogen-bond acceptors (Lipinski definition) is 8. The second-order valence-electron chi connectivity index (χ2n) is 8.72. The Kier molecular flexibility index (Phi) is 11.5. The van der Waals surface area contributed by atoms with Gasteiger partial charge in [-0.15, -0.1) is 0 Å². The molecule has 0 saturated heterocycles. The van der Waals surface area contributed by atoms with Crippen LogP contribution < -0.4 is 16.1 Å². The topological polar surface area (TPSA) is 135 Å². The van der Waals surface area contributed by atoms with Crippen LogP contribution in [0.15, 0.2) is 47.4 Å². The van der Waals surface area contributed by atoms with E-state index in [0.717, 1.165) is 5.56 Å². The highest BCUT2D eigenvalue weighted by atomic mass is 16.5. The molecule has 0 spiro atoms. The van der Waals surface area contributed by atoms with Crippen molar-refractivity contribution < 1.29 is 19.1 Å². The number of ether oxygens (including phenoxy) is 2. The van der Waals surface area contributed by atoms with Gasteiger partial charge in [-0.2, -0.15) is 5.10 Å². The molecule has 1 aromatic heterocycles. The molecule has 0 unspecified atom stereocenters. The van der Waals surface area contributed by atoms with E-state index in [1.165, 1.54) is 30.3 Å². The van der Waals surface area contributed by atoms with Gasteiger partial charge < -0.3 is 20.2 Å². The van der Waals surface area contributed by atoms with Gasteiger partial charge in [0.15, 0.2) is 0 Å². The van der Waals surface area contributed by atoms with E-state index >= 15 is 0 Å². The van der Waals surface area contributed by atoms with Crippen LogP contribution in [-0.4, -0.2) is 54.4 Å². The van der Waals surface area contributed by atoms with Crippen LogP contribution in [0.1, 0.15) is 44.9 Å². The van der Waals surface area contributed by atoms with Crippen molar-refractivity contribution in [2.45, 2.75) is 46.1 Å². The third kappa shape index (κ3) is 9.83. The monoisotopic (exact) mass is 497 g/mol. The Bertz CT molecular complexity index is 1130. The van der Waals surface area contributed by atoms with E-state index in [2.05, 4.69) is 20.5 Å². The summed E-state index contributed by atoms with van der Waals surface area (Å²) in [5.41, 5.74) is 1.93. The fraction of sp³-hybridized carbons (Fsp3) is 0.423. The van der Waals surface area contributed by atoms with Crippen LogP contribution in [0.25, 0.3) is 5.70 Å². The highest BCUT2D eigenvalue weighted by Gasteiger charge is 2.10. The Morgan fingerprint density at radius 2 is 2.00 bits per heavy atom. The maximum absolute atomic E-state index is 12.5. The van der Waals surface area contributed by atoms with Crippen LogP contribution >= 0.6 is 0 Å². The standard InChI is InChI=1S/C26H35N5O5/c1-18(2)17-36-26(34)29-21-8-5-7-20(14-21)15-23-24(32)10-12-31(30-23)22(16-27)13-19(3)28-11-6-9-25(33)35-4/h5,7-8,10,12-14,16,18-19,27-28H,6,9,11,15,17H2,1-4H3,(H,29,34)/b22-13+,27-16?/t19-/m1/s1. The third-order valence-electron chi connectivity index (χ3n) is 5.06. The van der Waals surface area contributed by atoms with Crippen molar-refractivity contribution in [1.29, 1.82) is 5.41 Å². The first-order chi connectivity index (χ1) is 17.2. The number of hydrogen-bond donors (Lipinski definition) is 3. The van der Waals surface area contributed by atoms with Gasteiger partial charge in [0.1, 0.15) is 5.69 Å². The molecular formula is C26H35N5O5. The van der Waals surface area contributed by atoms with E-state index in [0.29, 0.717) is 43.1 Å². The number of benzene rings is 1. The number of carbonyl (C=O) groups is 2. The number of rotatable bonds is 13. The van der Waals surface area contributed by atoms with E-state index < -0.39 is 6.09 Å². The quantitative estimate of drug-likeness (QED) is 0.219. The zero-order chi connectivity index (χ0) is 26.5. The smallest absolute Gasteiger partial charge is 0.411 e. The summed E-state index contributed by atoms with van der Waals surface area (Å²) in [6.45, 7) is 6.77. The summed E-state index contributed by atoms with van der Waals surface area (Å²) in [5.74, 6) is -0.0174. The van der Waals surface area contributed by atoms with Crippen molar-refractivity contribution in [2.24, 2.45) is 5.92 Å². The minimum Gasteiger partial charge on any atom is -0.469 e. The van der Waals surface area contributed by atoms with Gasteiger partial charge in [-0.05, 0) is 49.6 Å². The predicted octanol–water partition coefficient (Wildman–Crippen LogP) is 3.46. The van der Waals surface area contributed by atoms with Crippen molar-refractivity contribution in [3.8, 4) is 0 Å². The third-order valence-corrected chi connectivity index (χ3v) is 5.06. The van der Waals surface area contributed by atoms with Crippen molar-refractivity contribution in [1.82, 2.24) is 15.1 Å². The molecule has 1 amide bonds. The maximum atomic E-state index is 12.5. The van der Waals surface area contributed by atoms with Crippen LogP contribution in [0.2, 0.25) is 0 Å². The largest absolute Gasteiger partial charge is 0.469 e. The number of allylic oxidation sites excluding steroid dienone is 1. The average Bonchev–Trinajstić information content (AvgIpc) is 2.85. The van der Waals surface area contributed by atoms with Crippen LogP contribution in [0.3, 0.4) is 0 Å². The van der Waals surface area contributed by atoms with Crippen molar-refractivity contribution in [3.05, 3.63) is 64.1 Å². The van der Waals surface area contributed by atoms with E-state index in [-0.39, 0.29) is 29.8 Å². The normalized spacial score (nSPS) is 12.2. The van der Waals surface area contributed by atoms with Gasteiger partial charge in [-0.3, -0.25) is 14.9 Å². The maximum Gasteiger partial charge on any atom is 0.411 e. The summed E-state index contributed by atoms with van der Waals surface area (Å²) in [4.78, 5) is 35.7. The fourth-order valence-electron chi connectivity index (χ4n) is 3.23. The second-order valence-corrected chi connectivity index (χ2v) is 8.72. The van der Waals surface area contributed by atoms with E-state index in [1.54, 1.807) is 18.2 Å². The van der Waals surface area contributed by atoms with Gasteiger partial charge in [0.25, 0.3) is 0 Å². The average molecular weight is 498 g/mol. The molecule has 1 heterocycles. The molecule has 0 aliphatic carbocycles. The molecule has 10 heteroatoms. The molecule has 36 heavy (non-hydrogen) atoms. The van der Waals surface area contributed by atoms with Crippen LogP contribution in [-0.2, 0) is 20.7 Å². The zero-order valence-corrected chi connectivity index (χ0v) is 21.2. The van der Waals surface area contributed by atoms with E-state index in [9.17, 15) is 14.4 Å². The van der Waals surface area contributed by atoms with Gasteiger partial charge >= 0.3 is 12.1 Å². The minimum absolute atomic E-state index is 0.0952. The van der Waals surface area contributed by atoms with Crippen LogP contribution in [0, 0.1) is 11.3 Å². The lowest BCUT2D eigenvalue weighted by Crippen LogP contribution is -2.27. The van der Waals surface area contributed by atoms with Crippen molar-refractivity contribution in [3.63, 3.8) is 0 Å². The highest BCUT2D eigenvalue weighted by Crippen LogP contribution is 2.14. The summed E-state index contributed by atoms with van der Waals surface area (Å²) >= 11 is 0. The number of esters is 1. The number of methoxy groups -OCH3 is 1. The fourth-order valence-corrected chi connectivity index (χ4v) is 3.23. The van der Waals surface area contributed by atoms with Gasteiger partial charge in [0.05, 0.1) is 19.4 Å². The molecule has 194 valence electrons. The molecule has 1 aromatic carbocycles. The SMILES string of the molecule is COC(=O)CCCN[C@H](C)/C=C(\C=N)n1ccc(=O)c(Cc2cccc(NC(=O)OCC(C)C)c2)n1. The summed E-state index contributed by atoms with van der Waals surface area (Å²) in [7, 11) is 1.36. The lowest BCUT2D eigenvalue weighted by molar-refractivity contribution is -0.140. The summed E-state index contributed by atoms with van der Waals surface area (Å²) < 4.78 is 11.3. The molecule has 0 aliphatic heterocycles.